The van der Waals surface area contributed by atoms with Crippen LogP contribution in [0.15, 0.2) is 47.4 Å². The zero-order valence-electron chi connectivity index (χ0n) is 17.5. The van der Waals surface area contributed by atoms with Gasteiger partial charge in [-0.2, -0.15) is 0 Å². The number of aromatic nitrogens is 2. The molecule has 1 aromatic carbocycles. The summed E-state index contributed by atoms with van der Waals surface area (Å²) in [6, 6.07) is 10.2. The highest BCUT2D eigenvalue weighted by atomic mass is 16.5. The summed E-state index contributed by atoms with van der Waals surface area (Å²) in [6.45, 7) is 8.49. The Morgan fingerprint density at radius 3 is 2.70 bits per heavy atom. The maximum atomic E-state index is 12.5. The molecule has 1 aliphatic rings. The lowest BCUT2D eigenvalue weighted by molar-refractivity contribution is 0.129. The van der Waals surface area contributed by atoms with Crippen molar-refractivity contribution < 1.29 is 9.53 Å². The summed E-state index contributed by atoms with van der Waals surface area (Å²) < 4.78 is 7.01. The van der Waals surface area contributed by atoms with Crippen molar-refractivity contribution in [3.63, 3.8) is 0 Å². The molecule has 3 N–H and O–H groups in total. The molecule has 7 nitrogen and oxygen atoms in total. The van der Waals surface area contributed by atoms with E-state index in [1.54, 1.807) is 12.1 Å². The molecule has 0 atom stereocenters. The van der Waals surface area contributed by atoms with Gasteiger partial charge < -0.3 is 20.4 Å². The van der Waals surface area contributed by atoms with Crippen LogP contribution in [0.2, 0.25) is 0 Å². The lowest BCUT2D eigenvalue weighted by atomic mass is 9.94. The predicted molar refractivity (Wildman–Crippen MR) is 118 cm³/mol. The van der Waals surface area contributed by atoms with Gasteiger partial charge in [0.25, 0.3) is 5.56 Å². The van der Waals surface area contributed by atoms with Crippen LogP contribution in [0, 0.1) is 5.41 Å². The van der Waals surface area contributed by atoms with Gasteiger partial charge >= 0.3 is 6.03 Å². The third-order valence-corrected chi connectivity index (χ3v) is 5.55. The van der Waals surface area contributed by atoms with Crippen molar-refractivity contribution in [1.82, 2.24) is 14.5 Å². The number of benzene rings is 1. The summed E-state index contributed by atoms with van der Waals surface area (Å²) in [5, 5.41) is 0.939. The number of ether oxygens (including phenoxy) is 1. The second kappa shape index (κ2) is 7.99. The molecule has 1 amide bonds. The van der Waals surface area contributed by atoms with E-state index in [4.69, 9.17) is 10.5 Å². The first-order valence-corrected chi connectivity index (χ1v) is 10.3. The Bertz CT molecular complexity index is 1120. The number of rotatable bonds is 6. The first-order chi connectivity index (χ1) is 14.3. The molecule has 4 rings (SSSR count). The van der Waals surface area contributed by atoms with Gasteiger partial charge in [-0.1, -0.05) is 13.8 Å². The van der Waals surface area contributed by atoms with Crippen LogP contribution in [0.4, 0.5) is 4.79 Å². The number of hydrogen-bond acceptors (Lipinski definition) is 4. The molecule has 1 fully saturated rings. The highest BCUT2D eigenvalue weighted by Crippen LogP contribution is 2.27. The van der Waals surface area contributed by atoms with E-state index >= 15 is 0 Å². The van der Waals surface area contributed by atoms with Crippen molar-refractivity contribution in [2.24, 2.45) is 11.1 Å². The molecule has 2 aromatic heterocycles. The molecule has 158 valence electrons. The van der Waals surface area contributed by atoms with Gasteiger partial charge in [-0.3, -0.25) is 4.79 Å². The van der Waals surface area contributed by atoms with Crippen LogP contribution in [0.3, 0.4) is 0 Å². The molecule has 1 saturated heterocycles. The van der Waals surface area contributed by atoms with Crippen LogP contribution in [-0.4, -0.2) is 46.7 Å². The Kier molecular flexibility index (Phi) is 5.39. The first kappa shape index (κ1) is 20.2. The van der Waals surface area contributed by atoms with Crippen molar-refractivity contribution in [3.8, 4) is 17.0 Å². The molecule has 0 saturated carbocycles. The number of fused-ring (bicyclic) bond motifs is 1. The number of primary amides is 1. The molecule has 0 bridgehead atoms. The van der Waals surface area contributed by atoms with E-state index in [-0.39, 0.29) is 5.41 Å². The summed E-state index contributed by atoms with van der Waals surface area (Å²) in [5.74, 6) is 0.796. The molecule has 0 unspecified atom stereocenters. The second-order valence-electron chi connectivity index (χ2n) is 8.80. The summed E-state index contributed by atoms with van der Waals surface area (Å²) in [6.07, 6.45) is 3.94. The number of likely N-dealkylation sites (tertiary alicyclic amines) is 1. The fourth-order valence-corrected chi connectivity index (χ4v) is 4.09. The number of carbonyl (C=O) groups is 1. The van der Waals surface area contributed by atoms with Gasteiger partial charge in [0, 0.05) is 29.1 Å². The highest BCUT2D eigenvalue weighted by molar-refractivity contribution is 5.87. The molecule has 0 aliphatic carbocycles. The normalized spacial score (nSPS) is 15.0. The fourth-order valence-electron chi connectivity index (χ4n) is 4.09. The van der Waals surface area contributed by atoms with Gasteiger partial charge in [0.1, 0.15) is 5.75 Å². The predicted octanol–water partition coefficient (Wildman–Crippen LogP) is 3.42. The van der Waals surface area contributed by atoms with Gasteiger partial charge in [0.2, 0.25) is 0 Å². The maximum Gasteiger partial charge on any atom is 0.325 e. The van der Waals surface area contributed by atoms with Gasteiger partial charge in [-0.25, -0.2) is 9.36 Å². The molecular weight excluding hydrogens is 380 g/mol. The molecule has 1 aliphatic heterocycles. The maximum absolute atomic E-state index is 12.5. The standard InChI is InChI=1S/C23H28N4O3/c1-23(2,14-26-9-3-4-10-26)15-30-17-7-8-19-16(12-17)13-20(25-19)18-6-5-11-27(21(18)28)22(24)29/h5-8,11-13,25H,3-4,9-10,14-15H2,1-2H3,(H2,24,29). The largest absolute Gasteiger partial charge is 0.493 e. The minimum absolute atomic E-state index is 0.0620. The van der Waals surface area contributed by atoms with Crippen molar-refractivity contribution in [3.05, 3.63) is 52.9 Å². The average molecular weight is 409 g/mol. The zero-order valence-corrected chi connectivity index (χ0v) is 17.5. The average Bonchev–Trinajstić information content (AvgIpc) is 3.35. The fraction of sp³-hybridized carbons (Fsp3) is 0.391. The topological polar surface area (TPSA) is 93.3 Å². The number of pyridine rings is 1. The van der Waals surface area contributed by atoms with Crippen LogP contribution in [0.25, 0.3) is 22.2 Å². The van der Waals surface area contributed by atoms with Crippen molar-refractivity contribution in [2.45, 2.75) is 26.7 Å². The summed E-state index contributed by atoms with van der Waals surface area (Å²) in [4.78, 5) is 29.7. The Labute approximate surface area is 175 Å². The Morgan fingerprint density at radius 2 is 1.97 bits per heavy atom. The summed E-state index contributed by atoms with van der Waals surface area (Å²) in [5.41, 5.74) is 6.80. The number of aromatic amines is 1. The number of nitrogens with two attached hydrogens (primary N) is 1. The van der Waals surface area contributed by atoms with E-state index in [9.17, 15) is 9.59 Å². The van der Waals surface area contributed by atoms with Gasteiger partial charge in [-0.05, 0) is 62.3 Å². The molecule has 30 heavy (non-hydrogen) atoms. The van der Waals surface area contributed by atoms with Gasteiger partial charge in [0.05, 0.1) is 17.9 Å². The van der Waals surface area contributed by atoms with Gasteiger partial charge in [0.15, 0.2) is 0 Å². The van der Waals surface area contributed by atoms with E-state index in [0.717, 1.165) is 27.8 Å². The molecule has 0 radical (unpaired) electrons. The molecule has 3 heterocycles. The lowest BCUT2D eigenvalue weighted by Crippen LogP contribution is -2.36. The lowest BCUT2D eigenvalue weighted by Gasteiger charge is -2.29. The van der Waals surface area contributed by atoms with Crippen molar-refractivity contribution in [2.75, 3.05) is 26.2 Å². The number of amides is 1. The van der Waals surface area contributed by atoms with Gasteiger partial charge in [-0.15, -0.1) is 0 Å². The Morgan fingerprint density at radius 1 is 1.20 bits per heavy atom. The van der Waals surface area contributed by atoms with E-state index < -0.39 is 11.6 Å². The molecule has 0 spiro atoms. The van der Waals surface area contributed by atoms with E-state index in [2.05, 4.69) is 23.7 Å². The third kappa shape index (κ3) is 4.26. The number of nitrogens with zero attached hydrogens (tertiary/aromatic N) is 2. The summed E-state index contributed by atoms with van der Waals surface area (Å²) in [7, 11) is 0. The Balaban J connectivity index is 1.52. The monoisotopic (exact) mass is 408 g/mol. The molecule has 7 heteroatoms. The minimum atomic E-state index is -0.801. The number of nitrogens with one attached hydrogen (secondary N) is 1. The smallest absolute Gasteiger partial charge is 0.325 e. The summed E-state index contributed by atoms with van der Waals surface area (Å²) >= 11 is 0. The Hall–Kier alpha value is -3.06. The quantitative estimate of drug-likeness (QED) is 0.653. The van der Waals surface area contributed by atoms with Crippen LogP contribution in [0.5, 0.6) is 5.75 Å². The molecular formula is C23H28N4O3. The number of H-pyrrole nitrogens is 1. The molecule has 3 aromatic rings. The second-order valence-corrected chi connectivity index (χ2v) is 8.80. The van der Waals surface area contributed by atoms with Crippen molar-refractivity contribution in [1.29, 1.82) is 0 Å². The van der Waals surface area contributed by atoms with Crippen LogP contribution in [-0.2, 0) is 0 Å². The minimum Gasteiger partial charge on any atom is -0.493 e. The number of carbonyl (C=O) groups excluding carboxylic acids is 1. The SMILES string of the molecule is CC(C)(COc1ccc2[nH]c(-c3cccn(C(N)=O)c3=O)cc2c1)CN1CCCC1. The van der Waals surface area contributed by atoms with Crippen LogP contribution in [0.1, 0.15) is 26.7 Å². The van der Waals surface area contributed by atoms with Crippen LogP contribution >= 0.6 is 0 Å². The first-order valence-electron chi connectivity index (χ1n) is 10.3. The van der Waals surface area contributed by atoms with Crippen molar-refractivity contribution >= 4 is 16.9 Å². The van der Waals surface area contributed by atoms with E-state index in [1.807, 2.05) is 24.3 Å². The van der Waals surface area contributed by atoms with E-state index in [1.165, 1.54) is 32.1 Å². The highest BCUT2D eigenvalue weighted by Gasteiger charge is 2.24. The third-order valence-electron chi connectivity index (χ3n) is 5.55. The number of hydrogen-bond donors (Lipinski definition) is 2. The van der Waals surface area contributed by atoms with E-state index in [0.29, 0.717) is 17.9 Å². The van der Waals surface area contributed by atoms with Crippen LogP contribution < -0.4 is 16.0 Å². The zero-order chi connectivity index (χ0) is 21.3.